The third kappa shape index (κ3) is 5.25. The summed E-state index contributed by atoms with van der Waals surface area (Å²) in [5, 5.41) is 0.464. The predicted molar refractivity (Wildman–Crippen MR) is 129 cm³/mol. The Hall–Kier alpha value is -2.79. The van der Waals surface area contributed by atoms with Crippen LogP contribution in [0.4, 0.5) is 0 Å². The summed E-state index contributed by atoms with van der Waals surface area (Å²) in [5.74, 6) is -0.986. The van der Waals surface area contributed by atoms with E-state index in [2.05, 4.69) is 4.98 Å². The van der Waals surface area contributed by atoms with Gasteiger partial charge in [-0.25, -0.2) is 18.2 Å². The van der Waals surface area contributed by atoms with Crippen LogP contribution < -0.4 is 5.69 Å². The zero-order valence-electron chi connectivity index (χ0n) is 20.2. The fourth-order valence-corrected chi connectivity index (χ4v) is 6.68. The van der Waals surface area contributed by atoms with Crippen molar-refractivity contribution in [2.24, 2.45) is 5.92 Å². The highest BCUT2D eigenvalue weighted by atomic mass is 32.2. The standard InChI is InChI=1S/C24H32N4O6S/c1-3-34-23(30)18-8-6-11-26(15-18)22(29)16-27-21-10-9-20(13-19(21)14-25-24(27)31)35(32,33)28-12-5-4-7-17(28)2/h9-10,13-14,17-18H,3-8,11-12,15-16H2,1-2H3/t17-,18-/m0/s1. The van der Waals surface area contributed by atoms with Crippen LogP contribution in [0, 0.1) is 5.92 Å². The number of nitrogens with zero attached hydrogens (tertiary/aromatic N) is 4. The van der Waals surface area contributed by atoms with Gasteiger partial charge >= 0.3 is 11.7 Å². The highest BCUT2D eigenvalue weighted by Gasteiger charge is 2.32. The van der Waals surface area contributed by atoms with E-state index in [0.29, 0.717) is 36.8 Å². The Morgan fingerprint density at radius 1 is 1.14 bits per heavy atom. The van der Waals surface area contributed by atoms with Gasteiger partial charge in [0.1, 0.15) is 6.54 Å². The summed E-state index contributed by atoms with van der Waals surface area (Å²) in [5.41, 5.74) is -0.159. The first-order valence-corrected chi connectivity index (χ1v) is 13.6. The van der Waals surface area contributed by atoms with Crippen molar-refractivity contribution in [1.29, 1.82) is 0 Å². The van der Waals surface area contributed by atoms with E-state index in [4.69, 9.17) is 4.74 Å². The largest absolute Gasteiger partial charge is 0.466 e. The average Bonchev–Trinajstić information content (AvgIpc) is 2.85. The van der Waals surface area contributed by atoms with E-state index in [0.717, 1.165) is 19.3 Å². The van der Waals surface area contributed by atoms with Gasteiger partial charge in [-0.2, -0.15) is 4.31 Å². The van der Waals surface area contributed by atoms with E-state index in [1.54, 1.807) is 17.9 Å². The van der Waals surface area contributed by atoms with Crippen LogP contribution in [0.2, 0.25) is 0 Å². The molecule has 35 heavy (non-hydrogen) atoms. The number of fused-ring (bicyclic) bond motifs is 1. The number of likely N-dealkylation sites (tertiary alicyclic amines) is 1. The van der Waals surface area contributed by atoms with Crippen molar-refractivity contribution in [3.8, 4) is 0 Å². The van der Waals surface area contributed by atoms with Crippen molar-refractivity contribution in [2.45, 2.75) is 63.4 Å². The molecule has 0 radical (unpaired) electrons. The molecule has 11 heteroatoms. The summed E-state index contributed by atoms with van der Waals surface area (Å²) in [6, 6.07) is 4.48. The lowest BCUT2D eigenvalue weighted by Gasteiger charge is -2.32. The van der Waals surface area contributed by atoms with Crippen molar-refractivity contribution >= 4 is 32.8 Å². The molecule has 2 aliphatic rings. The maximum absolute atomic E-state index is 13.2. The molecular weight excluding hydrogens is 472 g/mol. The van der Waals surface area contributed by atoms with Gasteiger partial charge in [0.25, 0.3) is 0 Å². The third-order valence-electron chi connectivity index (χ3n) is 6.87. The minimum Gasteiger partial charge on any atom is -0.466 e. The van der Waals surface area contributed by atoms with Crippen LogP contribution in [0.15, 0.2) is 34.1 Å². The van der Waals surface area contributed by atoms with E-state index in [1.165, 1.54) is 27.2 Å². The van der Waals surface area contributed by atoms with Gasteiger partial charge in [-0.05, 0) is 57.7 Å². The normalized spacial score (nSPS) is 21.7. The van der Waals surface area contributed by atoms with Gasteiger partial charge in [0.05, 0.1) is 22.9 Å². The maximum Gasteiger partial charge on any atom is 0.348 e. The van der Waals surface area contributed by atoms with Gasteiger partial charge in [0.2, 0.25) is 15.9 Å². The van der Waals surface area contributed by atoms with Gasteiger partial charge in [-0.1, -0.05) is 6.42 Å². The van der Waals surface area contributed by atoms with Gasteiger partial charge in [0, 0.05) is 37.3 Å². The van der Waals surface area contributed by atoms with Crippen molar-refractivity contribution in [3.63, 3.8) is 0 Å². The lowest BCUT2D eigenvalue weighted by molar-refractivity contribution is -0.151. The Kier molecular flexibility index (Phi) is 7.56. The van der Waals surface area contributed by atoms with Crippen LogP contribution in [-0.2, 0) is 30.9 Å². The Morgan fingerprint density at radius 3 is 2.69 bits per heavy atom. The third-order valence-corrected chi connectivity index (χ3v) is 8.88. The number of rotatable bonds is 6. The van der Waals surface area contributed by atoms with E-state index in [-0.39, 0.29) is 48.4 Å². The van der Waals surface area contributed by atoms with Gasteiger partial charge < -0.3 is 9.64 Å². The Morgan fingerprint density at radius 2 is 1.94 bits per heavy atom. The molecule has 2 atom stereocenters. The SMILES string of the molecule is CCOC(=O)[C@H]1CCCN(C(=O)Cn2c(=O)ncc3cc(S(=O)(=O)N4CCCC[C@@H]4C)ccc32)C1. The number of sulfonamides is 1. The lowest BCUT2D eigenvalue weighted by Crippen LogP contribution is -2.45. The highest BCUT2D eigenvalue weighted by molar-refractivity contribution is 7.89. The Bertz CT molecular complexity index is 1270. The number of benzene rings is 1. The minimum absolute atomic E-state index is 0.0721. The Balaban J connectivity index is 1.58. The smallest absolute Gasteiger partial charge is 0.348 e. The predicted octanol–water partition coefficient (Wildman–Crippen LogP) is 1.76. The second-order valence-corrected chi connectivity index (χ2v) is 11.1. The fraction of sp³-hybridized carbons (Fsp3) is 0.583. The van der Waals surface area contributed by atoms with Crippen LogP contribution in [0.5, 0.6) is 0 Å². The van der Waals surface area contributed by atoms with E-state index in [1.807, 2.05) is 6.92 Å². The summed E-state index contributed by atoms with van der Waals surface area (Å²) in [7, 11) is -3.69. The summed E-state index contributed by atoms with van der Waals surface area (Å²) < 4.78 is 34.4. The Labute approximate surface area is 204 Å². The van der Waals surface area contributed by atoms with E-state index < -0.39 is 15.7 Å². The number of ether oxygens (including phenoxy) is 1. The van der Waals surface area contributed by atoms with Crippen molar-refractivity contribution in [2.75, 3.05) is 26.2 Å². The number of aromatic nitrogens is 2. The molecule has 2 aromatic rings. The summed E-state index contributed by atoms with van der Waals surface area (Å²) in [6.45, 7) is 4.93. The molecule has 2 aliphatic heterocycles. The number of amides is 1. The minimum atomic E-state index is -3.69. The number of hydrogen-bond acceptors (Lipinski definition) is 7. The topological polar surface area (TPSA) is 119 Å². The van der Waals surface area contributed by atoms with E-state index >= 15 is 0 Å². The number of esters is 1. The first-order chi connectivity index (χ1) is 16.7. The van der Waals surface area contributed by atoms with Gasteiger partial charge in [-0.15, -0.1) is 0 Å². The molecule has 3 heterocycles. The first kappa shape index (κ1) is 25.3. The molecule has 4 rings (SSSR count). The number of carbonyl (C=O) groups is 2. The van der Waals surface area contributed by atoms with E-state index in [9.17, 15) is 22.8 Å². The molecule has 0 aliphatic carbocycles. The molecule has 0 unspecified atom stereocenters. The number of carbonyl (C=O) groups excluding carboxylic acids is 2. The van der Waals surface area contributed by atoms with Gasteiger partial charge in [-0.3, -0.25) is 14.2 Å². The zero-order valence-corrected chi connectivity index (χ0v) is 21.0. The molecule has 10 nitrogen and oxygen atoms in total. The van der Waals surface area contributed by atoms with Crippen molar-refractivity contribution in [3.05, 3.63) is 34.9 Å². The summed E-state index contributed by atoms with van der Waals surface area (Å²) >= 11 is 0. The summed E-state index contributed by atoms with van der Waals surface area (Å²) in [6.07, 6.45) is 5.33. The molecular formula is C24H32N4O6S. The molecule has 0 N–H and O–H groups in total. The quantitative estimate of drug-likeness (QED) is 0.550. The van der Waals surface area contributed by atoms with Crippen LogP contribution in [0.1, 0.15) is 46.0 Å². The molecule has 0 spiro atoms. The molecule has 1 aromatic heterocycles. The first-order valence-electron chi connectivity index (χ1n) is 12.2. The van der Waals surface area contributed by atoms with Crippen LogP contribution in [-0.4, -0.2) is 71.3 Å². The van der Waals surface area contributed by atoms with Crippen molar-refractivity contribution in [1.82, 2.24) is 18.8 Å². The molecule has 190 valence electrons. The van der Waals surface area contributed by atoms with Crippen molar-refractivity contribution < 1.29 is 22.7 Å². The maximum atomic E-state index is 13.2. The van der Waals surface area contributed by atoms with Crippen LogP contribution in [0.3, 0.4) is 0 Å². The molecule has 2 fully saturated rings. The molecule has 0 bridgehead atoms. The molecule has 2 saturated heterocycles. The lowest BCUT2D eigenvalue weighted by atomic mass is 9.98. The molecule has 1 amide bonds. The van der Waals surface area contributed by atoms with Crippen LogP contribution in [0.25, 0.3) is 10.9 Å². The molecule has 1 aromatic carbocycles. The fourth-order valence-electron chi connectivity index (χ4n) is 4.95. The second-order valence-electron chi connectivity index (χ2n) is 9.24. The van der Waals surface area contributed by atoms with Gasteiger partial charge in [0.15, 0.2) is 0 Å². The summed E-state index contributed by atoms with van der Waals surface area (Å²) in [4.78, 5) is 43.3. The highest BCUT2D eigenvalue weighted by Crippen LogP contribution is 2.27. The zero-order chi connectivity index (χ0) is 25.2. The monoisotopic (exact) mass is 504 g/mol. The second kappa shape index (κ2) is 10.4. The number of hydrogen-bond donors (Lipinski definition) is 0. The average molecular weight is 505 g/mol. The molecule has 0 saturated carbocycles. The van der Waals surface area contributed by atoms with Crippen LogP contribution >= 0.6 is 0 Å². The number of piperidine rings is 2.